The first-order valence-electron chi connectivity index (χ1n) is 7.43. The summed E-state index contributed by atoms with van der Waals surface area (Å²) in [4.78, 5) is 25.2. The van der Waals surface area contributed by atoms with Gasteiger partial charge in [0, 0.05) is 31.5 Å². The highest BCUT2D eigenvalue weighted by molar-refractivity contribution is 7.99. The number of aromatic nitrogens is 2. The fourth-order valence-corrected chi connectivity index (χ4v) is 3.40. The third kappa shape index (κ3) is 4.17. The van der Waals surface area contributed by atoms with Crippen LogP contribution in [0.4, 0.5) is 0 Å². The lowest BCUT2D eigenvalue weighted by molar-refractivity contribution is -0.129. The van der Waals surface area contributed by atoms with E-state index in [4.69, 9.17) is 0 Å². The van der Waals surface area contributed by atoms with Crippen LogP contribution in [-0.2, 0) is 11.3 Å². The van der Waals surface area contributed by atoms with Crippen LogP contribution < -0.4 is 0 Å². The van der Waals surface area contributed by atoms with Crippen LogP contribution in [0.2, 0.25) is 0 Å². The lowest BCUT2D eigenvalue weighted by Gasteiger charge is -2.25. The Kier molecular flexibility index (Phi) is 5.99. The highest BCUT2D eigenvalue weighted by Crippen LogP contribution is 2.21. The van der Waals surface area contributed by atoms with E-state index in [1.54, 1.807) is 24.2 Å². The summed E-state index contributed by atoms with van der Waals surface area (Å²) < 4.78 is 0. The van der Waals surface area contributed by atoms with Gasteiger partial charge in [0.05, 0.1) is 11.8 Å². The maximum absolute atomic E-state index is 12.4. The molecule has 0 N–H and O–H groups in total. The summed E-state index contributed by atoms with van der Waals surface area (Å²) in [5.41, 5.74) is 0. The number of likely N-dealkylation sites (N-methyl/N-ethyl adjacent to an activating group) is 1. The van der Waals surface area contributed by atoms with Gasteiger partial charge in [0.25, 0.3) is 0 Å². The van der Waals surface area contributed by atoms with Crippen molar-refractivity contribution >= 4 is 17.7 Å². The number of likely N-dealkylation sites (tertiary alicyclic amines) is 1. The van der Waals surface area contributed by atoms with Crippen LogP contribution in [0, 0.1) is 0 Å². The van der Waals surface area contributed by atoms with Crippen molar-refractivity contribution in [1.29, 1.82) is 0 Å². The van der Waals surface area contributed by atoms with Crippen molar-refractivity contribution in [3.05, 3.63) is 24.3 Å². The third-order valence-corrected chi connectivity index (χ3v) is 5.14. The number of rotatable bonds is 6. The van der Waals surface area contributed by atoms with E-state index in [-0.39, 0.29) is 11.2 Å². The molecule has 0 saturated carbocycles. The molecule has 2 atom stereocenters. The van der Waals surface area contributed by atoms with Crippen LogP contribution in [0.3, 0.4) is 0 Å². The fraction of sp³-hybridized carbons (Fsp3) is 0.667. The zero-order valence-electron chi connectivity index (χ0n) is 13.0. The minimum atomic E-state index is 0.103. The lowest BCUT2D eigenvalue weighted by atomic mass is 10.2. The maximum Gasteiger partial charge on any atom is 0.235 e. The maximum atomic E-state index is 12.4. The summed E-state index contributed by atoms with van der Waals surface area (Å²) in [5, 5.41) is 0.103. The van der Waals surface area contributed by atoms with Gasteiger partial charge in [0.2, 0.25) is 5.91 Å². The van der Waals surface area contributed by atoms with E-state index in [0.29, 0.717) is 6.04 Å². The van der Waals surface area contributed by atoms with Gasteiger partial charge in [0.15, 0.2) is 0 Å². The second-order valence-corrected chi connectivity index (χ2v) is 6.48. The number of carbonyl (C=O) groups excluding carboxylic acids is 1. The first-order valence-corrected chi connectivity index (χ1v) is 8.72. The number of nitrogens with zero attached hydrogens (tertiary/aromatic N) is 4. The second kappa shape index (κ2) is 7.75. The quantitative estimate of drug-likeness (QED) is 0.800. The largest absolute Gasteiger partial charge is 0.340 e. The monoisotopic (exact) mass is 308 g/mol. The van der Waals surface area contributed by atoms with Gasteiger partial charge in [-0.3, -0.25) is 9.69 Å². The first-order chi connectivity index (χ1) is 10.2. The summed E-state index contributed by atoms with van der Waals surface area (Å²) in [6.07, 6.45) is 7.48. The summed E-state index contributed by atoms with van der Waals surface area (Å²) in [6, 6.07) is 2.23. The van der Waals surface area contributed by atoms with E-state index in [0.717, 1.165) is 38.3 Å². The van der Waals surface area contributed by atoms with Crippen LogP contribution in [0.5, 0.6) is 0 Å². The molecule has 0 aromatic carbocycles. The van der Waals surface area contributed by atoms with Crippen LogP contribution in [-0.4, -0.2) is 63.4 Å². The van der Waals surface area contributed by atoms with Crippen molar-refractivity contribution in [2.45, 2.75) is 37.6 Å². The predicted molar refractivity (Wildman–Crippen MR) is 86.1 cm³/mol. The Morgan fingerprint density at radius 2 is 2.24 bits per heavy atom. The SMILES string of the molecule is CC[C@@H](SC)C(=O)N1CC[C@@H](N(C)Cc2ncccn2)C1. The summed E-state index contributed by atoms with van der Waals surface area (Å²) >= 11 is 1.65. The van der Waals surface area contributed by atoms with Crippen LogP contribution >= 0.6 is 11.8 Å². The Morgan fingerprint density at radius 3 is 2.86 bits per heavy atom. The molecule has 0 radical (unpaired) electrons. The molecule has 21 heavy (non-hydrogen) atoms. The van der Waals surface area contributed by atoms with E-state index in [2.05, 4.69) is 28.8 Å². The molecule has 2 heterocycles. The molecule has 5 nitrogen and oxygen atoms in total. The molecule has 2 rings (SSSR count). The van der Waals surface area contributed by atoms with Gasteiger partial charge >= 0.3 is 0 Å². The molecule has 1 aromatic heterocycles. The number of carbonyl (C=O) groups is 1. The molecular weight excluding hydrogens is 284 g/mol. The molecule has 1 aliphatic heterocycles. The highest BCUT2D eigenvalue weighted by atomic mass is 32.2. The van der Waals surface area contributed by atoms with Gasteiger partial charge < -0.3 is 4.90 Å². The molecule has 6 heteroatoms. The summed E-state index contributed by atoms with van der Waals surface area (Å²) in [6.45, 7) is 4.48. The Bertz CT molecular complexity index is 452. The van der Waals surface area contributed by atoms with Gasteiger partial charge in [0.1, 0.15) is 5.82 Å². The van der Waals surface area contributed by atoms with Crippen LogP contribution in [0.15, 0.2) is 18.5 Å². The second-order valence-electron chi connectivity index (χ2n) is 5.44. The topological polar surface area (TPSA) is 49.3 Å². The molecule has 116 valence electrons. The number of hydrogen-bond acceptors (Lipinski definition) is 5. The predicted octanol–water partition coefficient (Wildman–Crippen LogP) is 1.65. The van der Waals surface area contributed by atoms with E-state index >= 15 is 0 Å². The fourth-order valence-electron chi connectivity index (χ4n) is 2.71. The van der Waals surface area contributed by atoms with Gasteiger partial charge in [-0.15, -0.1) is 0 Å². The van der Waals surface area contributed by atoms with Crippen LogP contribution in [0.25, 0.3) is 0 Å². The molecule has 1 fully saturated rings. The number of amides is 1. The molecule has 1 aromatic rings. The number of thioether (sulfide) groups is 1. The standard InChI is InChI=1S/C15H24N4OS/c1-4-13(21-3)15(20)19-9-6-12(10-19)18(2)11-14-16-7-5-8-17-14/h5,7-8,12-13H,4,6,9-11H2,1-3H3/t12-,13-/m1/s1. The highest BCUT2D eigenvalue weighted by Gasteiger charge is 2.31. The van der Waals surface area contributed by atoms with Crippen molar-refractivity contribution in [2.24, 2.45) is 0 Å². The van der Waals surface area contributed by atoms with E-state index in [1.165, 1.54) is 0 Å². The minimum Gasteiger partial charge on any atom is -0.340 e. The molecule has 1 amide bonds. The first kappa shape index (κ1) is 16.2. The average Bonchev–Trinajstić information content (AvgIpc) is 2.99. The van der Waals surface area contributed by atoms with Crippen molar-refractivity contribution in [2.75, 3.05) is 26.4 Å². The van der Waals surface area contributed by atoms with E-state index in [9.17, 15) is 4.79 Å². The molecule has 0 aliphatic carbocycles. The van der Waals surface area contributed by atoms with E-state index in [1.807, 2.05) is 17.2 Å². The lowest BCUT2D eigenvalue weighted by Crippen LogP contribution is -2.39. The molecule has 1 saturated heterocycles. The molecule has 1 aliphatic rings. The molecule has 0 unspecified atom stereocenters. The van der Waals surface area contributed by atoms with Gasteiger partial charge in [-0.2, -0.15) is 11.8 Å². The van der Waals surface area contributed by atoms with E-state index < -0.39 is 0 Å². The Morgan fingerprint density at radius 1 is 1.52 bits per heavy atom. The molecular formula is C15H24N4OS. The smallest absolute Gasteiger partial charge is 0.235 e. The average molecular weight is 308 g/mol. The van der Waals surface area contributed by atoms with Crippen molar-refractivity contribution in [1.82, 2.24) is 19.8 Å². The number of hydrogen-bond donors (Lipinski definition) is 0. The summed E-state index contributed by atoms with van der Waals surface area (Å²) in [5.74, 6) is 1.12. The van der Waals surface area contributed by atoms with Gasteiger partial charge in [-0.25, -0.2) is 9.97 Å². The Balaban J connectivity index is 1.88. The molecule has 0 spiro atoms. The summed E-state index contributed by atoms with van der Waals surface area (Å²) in [7, 11) is 2.08. The zero-order chi connectivity index (χ0) is 15.2. The van der Waals surface area contributed by atoms with Crippen LogP contribution in [0.1, 0.15) is 25.6 Å². The van der Waals surface area contributed by atoms with Crippen molar-refractivity contribution in [3.63, 3.8) is 0 Å². The molecule has 0 bridgehead atoms. The normalized spacial score (nSPS) is 20.0. The third-order valence-electron chi connectivity index (χ3n) is 4.04. The zero-order valence-corrected chi connectivity index (χ0v) is 13.8. The minimum absolute atomic E-state index is 0.103. The van der Waals surface area contributed by atoms with Gasteiger partial charge in [-0.05, 0) is 32.2 Å². The van der Waals surface area contributed by atoms with Gasteiger partial charge in [-0.1, -0.05) is 6.92 Å². The van der Waals surface area contributed by atoms with Crippen molar-refractivity contribution in [3.8, 4) is 0 Å². The Hall–Kier alpha value is -1.14. The Labute approximate surface area is 131 Å². The van der Waals surface area contributed by atoms with Crippen molar-refractivity contribution < 1.29 is 4.79 Å².